The number of aryl methyl sites for hydroxylation is 2. The van der Waals surface area contributed by atoms with Crippen molar-refractivity contribution in [3.63, 3.8) is 0 Å². The molecule has 1 unspecified atom stereocenters. The van der Waals surface area contributed by atoms with E-state index in [1.165, 1.54) is 22.3 Å². The van der Waals surface area contributed by atoms with Crippen molar-refractivity contribution in [2.45, 2.75) is 40.7 Å². The van der Waals surface area contributed by atoms with Crippen molar-refractivity contribution in [3.8, 4) is 0 Å². The molecular formula is C14H21NO. The molecule has 0 saturated carbocycles. The Bertz CT molecular complexity index is 395. The van der Waals surface area contributed by atoms with Crippen molar-refractivity contribution in [1.29, 1.82) is 0 Å². The monoisotopic (exact) mass is 219 g/mol. The minimum atomic E-state index is -0.182. The molecule has 0 spiro atoms. The Hall–Kier alpha value is -1.15. The van der Waals surface area contributed by atoms with Crippen LogP contribution in [0.2, 0.25) is 0 Å². The number of rotatable bonds is 3. The molecule has 0 aliphatic rings. The summed E-state index contributed by atoms with van der Waals surface area (Å²) in [4.78, 5) is 11.6. The van der Waals surface area contributed by atoms with Crippen molar-refractivity contribution < 1.29 is 4.79 Å². The van der Waals surface area contributed by atoms with Gasteiger partial charge in [-0.1, -0.05) is 6.07 Å². The Morgan fingerprint density at radius 1 is 1.12 bits per heavy atom. The van der Waals surface area contributed by atoms with Crippen molar-refractivity contribution in [1.82, 2.24) is 5.32 Å². The second-order valence-electron chi connectivity index (χ2n) is 4.51. The molecule has 1 aromatic carbocycles. The van der Waals surface area contributed by atoms with Gasteiger partial charge < -0.3 is 5.32 Å². The van der Waals surface area contributed by atoms with Crippen molar-refractivity contribution in [2.24, 2.45) is 0 Å². The van der Waals surface area contributed by atoms with E-state index in [1.807, 2.05) is 7.05 Å². The number of carbonyl (C=O) groups excluding carboxylic acids is 1. The summed E-state index contributed by atoms with van der Waals surface area (Å²) >= 11 is 0. The van der Waals surface area contributed by atoms with E-state index in [0.717, 1.165) is 5.56 Å². The maximum atomic E-state index is 11.6. The Morgan fingerprint density at radius 2 is 1.56 bits per heavy atom. The lowest BCUT2D eigenvalue weighted by atomic mass is 9.88. The van der Waals surface area contributed by atoms with Gasteiger partial charge in [-0.2, -0.15) is 0 Å². The minimum Gasteiger partial charge on any atom is -0.307 e. The fraction of sp³-hybridized carbons (Fsp3) is 0.500. The number of benzene rings is 1. The molecule has 2 heteroatoms. The zero-order valence-corrected chi connectivity index (χ0v) is 11.1. The van der Waals surface area contributed by atoms with Crippen LogP contribution < -0.4 is 5.32 Å². The average molecular weight is 219 g/mol. The summed E-state index contributed by atoms with van der Waals surface area (Å²) in [5, 5.41) is 3.10. The lowest BCUT2D eigenvalue weighted by Gasteiger charge is -2.21. The third-order valence-electron chi connectivity index (χ3n) is 3.41. The van der Waals surface area contributed by atoms with Gasteiger partial charge in [0.2, 0.25) is 0 Å². The second-order valence-corrected chi connectivity index (χ2v) is 4.51. The highest BCUT2D eigenvalue weighted by Gasteiger charge is 2.20. The Morgan fingerprint density at radius 3 is 1.88 bits per heavy atom. The molecule has 1 N–H and O–H groups in total. The first-order valence-electron chi connectivity index (χ1n) is 5.65. The summed E-state index contributed by atoms with van der Waals surface area (Å²) in [6.07, 6.45) is 0. The zero-order chi connectivity index (χ0) is 12.5. The van der Waals surface area contributed by atoms with E-state index in [9.17, 15) is 4.79 Å². The minimum absolute atomic E-state index is 0.165. The normalized spacial score (nSPS) is 12.6. The van der Waals surface area contributed by atoms with Gasteiger partial charge in [0.1, 0.15) is 0 Å². The molecule has 0 heterocycles. The molecule has 88 valence electrons. The van der Waals surface area contributed by atoms with Crippen molar-refractivity contribution >= 4 is 5.78 Å². The predicted octanol–water partition coefficient (Wildman–Crippen LogP) is 2.77. The van der Waals surface area contributed by atoms with Gasteiger partial charge in [0, 0.05) is 0 Å². The topological polar surface area (TPSA) is 29.1 Å². The number of hydrogen-bond donors (Lipinski definition) is 1. The van der Waals surface area contributed by atoms with E-state index in [1.54, 1.807) is 6.92 Å². The van der Waals surface area contributed by atoms with Gasteiger partial charge in [-0.3, -0.25) is 4.79 Å². The van der Waals surface area contributed by atoms with Crippen LogP contribution in [0.25, 0.3) is 0 Å². The molecule has 0 aromatic heterocycles. The van der Waals surface area contributed by atoms with Crippen LogP contribution in [-0.2, 0) is 4.79 Å². The predicted molar refractivity (Wildman–Crippen MR) is 67.9 cm³/mol. The first-order valence-corrected chi connectivity index (χ1v) is 5.65. The van der Waals surface area contributed by atoms with Crippen molar-refractivity contribution in [2.75, 3.05) is 7.05 Å². The van der Waals surface area contributed by atoms with Crippen LogP contribution in [0, 0.1) is 27.7 Å². The highest BCUT2D eigenvalue weighted by atomic mass is 16.1. The highest BCUT2D eigenvalue weighted by Crippen LogP contribution is 2.27. The lowest BCUT2D eigenvalue weighted by Crippen LogP contribution is -2.25. The Balaban J connectivity index is 3.47. The molecule has 2 nitrogen and oxygen atoms in total. The summed E-state index contributed by atoms with van der Waals surface area (Å²) in [5.41, 5.74) is 6.09. The molecule has 0 fully saturated rings. The molecule has 0 radical (unpaired) electrons. The summed E-state index contributed by atoms with van der Waals surface area (Å²) in [7, 11) is 1.84. The van der Waals surface area contributed by atoms with Gasteiger partial charge in [0.15, 0.2) is 5.78 Å². The Kier molecular flexibility index (Phi) is 3.87. The van der Waals surface area contributed by atoms with E-state index in [4.69, 9.17) is 0 Å². The average Bonchev–Trinajstić information content (AvgIpc) is 2.21. The molecule has 1 rings (SSSR count). The van der Waals surface area contributed by atoms with Gasteiger partial charge in [-0.05, 0) is 69.5 Å². The maximum Gasteiger partial charge on any atom is 0.151 e. The van der Waals surface area contributed by atoms with Gasteiger partial charge in [-0.25, -0.2) is 0 Å². The van der Waals surface area contributed by atoms with Crippen LogP contribution in [0.1, 0.15) is 40.8 Å². The van der Waals surface area contributed by atoms with Crippen LogP contribution in [0.3, 0.4) is 0 Å². The van der Waals surface area contributed by atoms with Crippen molar-refractivity contribution in [3.05, 3.63) is 33.9 Å². The fourth-order valence-corrected chi connectivity index (χ4v) is 2.23. The molecule has 1 aromatic rings. The summed E-state index contributed by atoms with van der Waals surface area (Å²) in [6.45, 7) is 10.0. The van der Waals surface area contributed by atoms with Gasteiger partial charge in [0.05, 0.1) is 6.04 Å². The first kappa shape index (κ1) is 12.9. The SMILES string of the molecule is CNC(C(C)=O)c1c(C)c(C)cc(C)c1C. The summed E-state index contributed by atoms with van der Waals surface area (Å²) in [6, 6.07) is 2.00. The quantitative estimate of drug-likeness (QED) is 0.847. The van der Waals surface area contributed by atoms with Crippen LogP contribution in [0.4, 0.5) is 0 Å². The number of Topliss-reactive ketones (excluding diaryl/α,β-unsaturated/α-hetero) is 1. The molecular weight excluding hydrogens is 198 g/mol. The number of likely N-dealkylation sites (N-methyl/N-ethyl adjacent to an activating group) is 1. The molecule has 1 atom stereocenters. The van der Waals surface area contributed by atoms with Gasteiger partial charge >= 0.3 is 0 Å². The Labute approximate surface area is 98.1 Å². The van der Waals surface area contributed by atoms with E-state index >= 15 is 0 Å². The largest absolute Gasteiger partial charge is 0.307 e. The van der Waals surface area contributed by atoms with Gasteiger partial charge in [0.25, 0.3) is 0 Å². The van der Waals surface area contributed by atoms with E-state index in [0.29, 0.717) is 0 Å². The lowest BCUT2D eigenvalue weighted by molar-refractivity contribution is -0.119. The van der Waals surface area contributed by atoms with E-state index in [2.05, 4.69) is 39.1 Å². The molecule has 0 aliphatic heterocycles. The van der Waals surface area contributed by atoms with Crippen LogP contribution in [-0.4, -0.2) is 12.8 Å². The van der Waals surface area contributed by atoms with Crippen LogP contribution in [0.15, 0.2) is 6.07 Å². The molecule has 0 bridgehead atoms. The van der Waals surface area contributed by atoms with Crippen LogP contribution in [0.5, 0.6) is 0 Å². The molecule has 16 heavy (non-hydrogen) atoms. The molecule has 0 saturated heterocycles. The first-order chi connectivity index (χ1) is 7.40. The molecule has 0 amide bonds. The fourth-order valence-electron chi connectivity index (χ4n) is 2.23. The number of ketones is 1. The summed E-state index contributed by atoms with van der Waals surface area (Å²) in [5.74, 6) is 0.165. The number of nitrogens with one attached hydrogen (secondary N) is 1. The number of carbonyl (C=O) groups is 1. The highest BCUT2D eigenvalue weighted by molar-refractivity contribution is 5.84. The van der Waals surface area contributed by atoms with E-state index < -0.39 is 0 Å². The smallest absolute Gasteiger partial charge is 0.151 e. The third-order valence-corrected chi connectivity index (χ3v) is 3.41. The van der Waals surface area contributed by atoms with Crippen LogP contribution >= 0.6 is 0 Å². The third kappa shape index (κ3) is 2.17. The molecule has 0 aliphatic carbocycles. The summed E-state index contributed by atoms with van der Waals surface area (Å²) < 4.78 is 0. The maximum absolute atomic E-state index is 11.6. The zero-order valence-electron chi connectivity index (χ0n) is 11.1. The van der Waals surface area contributed by atoms with E-state index in [-0.39, 0.29) is 11.8 Å². The second kappa shape index (κ2) is 4.79. The standard InChI is InChI=1S/C14H21NO/c1-8-7-9(2)11(4)13(10(8)3)14(15-6)12(5)16/h7,14-15H,1-6H3. The number of hydrogen-bond acceptors (Lipinski definition) is 2. The van der Waals surface area contributed by atoms with Gasteiger partial charge in [-0.15, -0.1) is 0 Å².